The number of carbonyl (C=O) groups is 2. The second kappa shape index (κ2) is 5.66. The SMILES string of the molecule is CCn1cc(C(=O)N[C@@](C)(CC)CC(=O)O)cn1. The van der Waals surface area contributed by atoms with E-state index in [0.29, 0.717) is 18.5 Å². The Morgan fingerprint density at radius 2 is 2.17 bits per heavy atom. The van der Waals surface area contributed by atoms with Gasteiger partial charge in [-0.15, -0.1) is 0 Å². The molecular weight excluding hydrogens is 234 g/mol. The molecule has 1 atom stereocenters. The zero-order valence-corrected chi connectivity index (χ0v) is 10.9. The van der Waals surface area contributed by atoms with Crippen molar-refractivity contribution < 1.29 is 14.7 Å². The van der Waals surface area contributed by atoms with Gasteiger partial charge in [0.25, 0.3) is 5.91 Å². The highest BCUT2D eigenvalue weighted by molar-refractivity contribution is 5.94. The molecule has 0 spiro atoms. The van der Waals surface area contributed by atoms with Crippen molar-refractivity contribution in [3.05, 3.63) is 18.0 Å². The van der Waals surface area contributed by atoms with Gasteiger partial charge in [-0.1, -0.05) is 6.92 Å². The maximum atomic E-state index is 12.0. The molecule has 0 aliphatic rings. The van der Waals surface area contributed by atoms with Crippen LogP contribution in [-0.4, -0.2) is 32.3 Å². The molecule has 0 saturated heterocycles. The zero-order chi connectivity index (χ0) is 13.8. The number of nitrogens with zero attached hydrogens (tertiary/aromatic N) is 2. The third-order valence-corrected chi connectivity index (χ3v) is 2.96. The Kier molecular flexibility index (Phi) is 4.47. The number of aliphatic carboxylic acids is 1. The predicted molar refractivity (Wildman–Crippen MR) is 66.3 cm³/mol. The summed E-state index contributed by atoms with van der Waals surface area (Å²) in [5.74, 6) is -1.22. The Bertz CT molecular complexity index is 442. The fourth-order valence-corrected chi connectivity index (χ4v) is 1.59. The van der Waals surface area contributed by atoms with Crippen LogP contribution in [0, 0.1) is 0 Å². The lowest BCUT2D eigenvalue weighted by Crippen LogP contribution is -2.46. The molecule has 18 heavy (non-hydrogen) atoms. The van der Waals surface area contributed by atoms with Gasteiger partial charge in [0.05, 0.1) is 18.2 Å². The maximum absolute atomic E-state index is 12.0. The number of hydrogen-bond donors (Lipinski definition) is 2. The summed E-state index contributed by atoms with van der Waals surface area (Å²) in [5.41, 5.74) is -0.293. The van der Waals surface area contributed by atoms with Crippen molar-refractivity contribution in [1.29, 1.82) is 0 Å². The molecule has 100 valence electrons. The highest BCUT2D eigenvalue weighted by Gasteiger charge is 2.28. The minimum absolute atomic E-state index is 0.100. The second-order valence-corrected chi connectivity index (χ2v) is 4.52. The summed E-state index contributed by atoms with van der Waals surface area (Å²) in [5, 5.41) is 15.6. The van der Waals surface area contributed by atoms with E-state index in [1.165, 1.54) is 6.20 Å². The monoisotopic (exact) mass is 253 g/mol. The lowest BCUT2D eigenvalue weighted by Gasteiger charge is -2.27. The average Bonchev–Trinajstić information content (AvgIpc) is 2.76. The summed E-state index contributed by atoms with van der Waals surface area (Å²) < 4.78 is 1.65. The summed E-state index contributed by atoms with van der Waals surface area (Å²) >= 11 is 0. The van der Waals surface area contributed by atoms with Crippen LogP contribution in [0.3, 0.4) is 0 Å². The molecule has 0 aromatic carbocycles. The van der Waals surface area contributed by atoms with Gasteiger partial charge < -0.3 is 10.4 Å². The Hall–Kier alpha value is -1.85. The fraction of sp³-hybridized carbons (Fsp3) is 0.583. The lowest BCUT2D eigenvalue weighted by atomic mass is 9.94. The van der Waals surface area contributed by atoms with E-state index in [-0.39, 0.29) is 12.3 Å². The first-order valence-electron chi connectivity index (χ1n) is 5.97. The van der Waals surface area contributed by atoms with Crippen LogP contribution in [0.15, 0.2) is 12.4 Å². The molecule has 1 heterocycles. The Labute approximate surface area is 106 Å². The summed E-state index contributed by atoms with van der Waals surface area (Å²) in [6.45, 7) is 6.19. The molecule has 0 unspecified atom stereocenters. The zero-order valence-electron chi connectivity index (χ0n) is 10.9. The van der Waals surface area contributed by atoms with Gasteiger partial charge >= 0.3 is 5.97 Å². The van der Waals surface area contributed by atoms with Gasteiger partial charge in [-0.2, -0.15) is 5.10 Å². The third kappa shape index (κ3) is 3.58. The molecule has 2 N–H and O–H groups in total. The number of carboxylic acid groups (broad SMARTS) is 1. The standard InChI is InChI=1S/C12H19N3O3/c1-4-12(3,6-10(16)17)14-11(18)9-7-13-15(5-2)8-9/h7-8H,4-6H2,1-3H3,(H,14,18)(H,16,17)/t12-/m0/s1. The molecule has 1 aromatic rings. The molecule has 1 rings (SSSR count). The summed E-state index contributed by atoms with van der Waals surface area (Å²) in [7, 11) is 0. The molecule has 1 amide bonds. The molecule has 6 heteroatoms. The van der Waals surface area contributed by atoms with Crippen molar-refractivity contribution in [1.82, 2.24) is 15.1 Å². The Morgan fingerprint density at radius 1 is 1.50 bits per heavy atom. The van der Waals surface area contributed by atoms with Gasteiger partial charge in [0, 0.05) is 18.3 Å². The normalized spacial score (nSPS) is 13.9. The number of carboxylic acids is 1. The van der Waals surface area contributed by atoms with Crippen LogP contribution in [0.25, 0.3) is 0 Å². The minimum atomic E-state index is -0.927. The van der Waals surface area contributed by atoms with Crippen LogP contribution in [-0.2, 0) is 11.3 Å². The molecular formula is C12H19N3O3. The van der Waals surface area contributed by atoms with E-state index in [2.05, 4.69) is 10.4 Å². The van der Waals surface area contributed by atoms with E-state index in [4.69, 9.17) is 5.11 Å². The van der Waals surface area contributed by atoms with Crippen LogP contribution in [0.4, 0.5) is 0 Å². The van der Waals surface area contributed by atoms with E-state index in [1.807, 2.05) is 13.8 Å². The number of hydrogen-bond acceptors (Lipinski definition) is 3. The Balaban J connectivity index is 2.75. The van der Waals surface area contributed by atoms with Crippen molar-refractivity contribution in [2.45, 2.75) is 45.7 Å². The van der Waals surface area contributed by atoms with E-state index in [9.17, 15) is 9.59 Å². The second-order valence-electron chi connectivity index (χ2n) is 4.52. The molecule has 0 aliphatic heterocycles. The summed E-state index contributed by atoms with van der Waals surface area (Å²) in [4.78, 5) is 22.7. The van der Waals surface area contributed by atoms with Crippen molar-refractivity contribution in [2.75, 3.05) is 0 Å². The van der Waals surface area contributed by atoms with Crippen LogP contribution in [0.5, 0.6) is 0 Å². The van der Waals surface area contributed by atoms with Crippen LogP contribution in [0.1, 0.15) is 44.0 Å². The Morgan fingerprint density at radius 3 is 2.61 bits per heavy atom. The quantitative estimate of drug-likeness (QED) is 0.799. The molecule has 6 nitrogen and oxygen atoms in total. The molecule has 0 radical (unpaired) electrons. The third-order valence-electron chi connectivity index (χ3n) is 2.96. The van der Waals surface area contributed by atoms with Gasteiger partial charge in [-0.3, -0.25) is 14.3 Å². The smallest absolute Gasteiger partial charge is 0.305 e. The molecule has 0 bridgehead atoms. The number of aromatic nitrogens is 2. The minimum Gasteiger partial charge on any atom is -0.481 e. The highest BCUT2D eigenvalue weighted by atomic mass is 16.4. The van der Waals surface area contributed by atoms with Gasteiger partial charge in [-0.25, -0.2) is 0 Å². The first-order chi connectivity index (χ1) is 8.40. The van der Waals surface area contributed by atoms with Crippen molar-refractivity contribution >= 4 is 11.9 Å². The van der Waals surface area contributed by atoms with Crippen LogP contribution >= 0.6 is 0 Å². The first-order valence-corrected chi connectivity index (χ1v) is 5.97. The van der Waals surface area contributed by atoms with Crippen LogP contribution < -0.4 is 5.32 Å². The number of rotatable bonds is 6. The molecule has 1 aromatic heterocycles. The lowest BCUT2D eigenvalue weighted by molar-refractivity contribution is -0.138. The van der Waals surface area contributed by atoms with E-state index >= 15 is 0 Å². The first kappa shape index (κ1) is 14.2. The number of amides is 1. The summed E-state index contributed by atoms with van der Waals surface area (Å²) in [6, 6.07) is 0. The fourth-order valence-electron chi connectivity index (χ4n) is 1.59. The van der Waals surface area contributed by atoms with Gasteiger partial charge in [0.15, 0.2) is 0 Å². The molecule has 0 aliphatic carbocycles. The van der Waals surface area contributed by atoms with Crippen molar-refractivity contribution in [2.24, 2.45) is 0 Å². The van der Waals surface area contributed by atoms with Gasteiger partial charge in [0.2, 0.25) is 0 Å². The number of nitrogens with one attached hydrogen (secondary N) is 1. The number of aryl methyl sites for hydroxylation is 1. The van der Waals surface area contributed by atoms with E-state index < -0.39 is 11.5 Å². The highest BCUT2D eigenvalue weighted by Crippen LogP contribution is 2.15. The number of carbonyl (C=O) groups excluding carboxylic acids is 1. The molecule has 0 fully saturated rings. The average molecular weight is 253 g/mol. The molecule has 0 saturated carbocycles. The maximum Gasteiger partial charge on any atom is 0.305 e. The largest absolute Gasteiger partial charge is 0.481 e. The van der Waals surface area contributed by atoms with Gasteiger partial charge in [0.1, 0.15) is 0 Å². The van der Waals surface area contributed by atoms with E-state index in [0.717, 1.165) is 0 Å². The van der Waals surface area contributed by atoms with Crippen molar-refractivity contribution in [3.63, 3.8) is 0 Å². The predicted octanol–water partition coefficient (Wildman–Crippen LogP) is 1.28. The van der Waals surface area contributed by atoms with Gasteiger partial charge in [-0.05, 0) is 20.3 Å². The van der Waals surface area contributed by atoms with Crippen molar-refractivity contribution in [3.8, 4) is 0 Å². The summed E-state index contributed by atoms with van der Waals surface area (Å²) in [6.07, 6.45) is 3.58. The van der Waals surface area contributed by atoms with E-state index in [1.54, 1.807) is 17.8 Å². The topological polar surface area (TPSA) is 84.2 Å². The van der Waals surface area contributed by atoms with Crippen LogP contribution in [0.2, 0.25) is 0 Å².